The summed E-state index contributed by atoms with van der Waals surface area (Å²) in [5.74, 6) is 0.791. The van der Waals surface area contributed by atoms with Crippen LogP contribution in [0, 0.1) is 0 Å². The van der Waals surface area contributed by atoms with Gasteiger partial charge in [-0.3, -0.25) is 0 Å². The summed E-state index contributed by atoms with van der Waals surface area (Å²) in [4.78, 5) is 0. The summed E-state index contributed by atoms with van der Waals surface area (Å²) in [5, 5.41) is 13.0. The first kappa shape index (κ1) is 12.6. The first-order valence-electron chi connectivity index (χ1n) is 5.26. The fraction of sp³-hybridized carbons (Fsp3) is 0.636. The molecule has 1 heterocycles. The van der Waals surface area contributed by atoms with Gasteiger partial charge in [0.05, 0.1) is 13.2 Å². The zero-order valence-corrected chi connectivity index (χ0v) is 9.97. The maximum atomic E-state index is 9.34. The average molecular weight is 232 g/mol. The summed E-state index contributed by atoms with van der Waals surface area (Å²) < 4.78 is 5.23. The van der Waals surface area contributed by atoms with E-state index < -0.39 is 0 Å². The molecule has 3 nitrogen and oxygen atoms in total. The van der Waals surface area contributed by atoms with E-state index in [0.717, 1.165) is 18.6 Å². The van der Waals surface area contributed by atoms with Gasteiger partial charge in [-0.25, -0.2) is 0 Å². The molecule has 0 amide bonds. The Morgan fingerprint density at radius 3 is 2.47 bits per heavy atom. The van der Waals surface area contributed by atoms with E-state index in [1.807, 2.05) is 6.07 Å². The largest absolute Gasteiger partial charge is 0.448 e. The number of nitrogens with one attached hydrogen (secondary N) is 1. The average Bonchev–Trinajstić information content (AvgIpc) is 2.67. The number of furan rings is 1. The van der Waals surface area contributed by atoms with Crippen molar-refractivity contribution in [3.63, 3.8) is 0 Å². The molecule has 0 saturated carbocycles. The molecule has 0 aliphatic rings. The molecule has 2 N–H and O–H groups in total. The molecule has 0 aliphatic heterocycles. The van der Waals surface area contributed by atoms with Crippen LogP contribution in [0.3, 0.4) is 0 Å². The van der Waals surface area contributed by atoms with Crippen LogP contribution in [0.2, 0.25) is 5.22 Å². The number of aliphatic hydroxyl groups excluding tert-OH is 1. The highest BCUT2D eigenvalue weighted by Crippen LogP contribution is 2.17. The summed E-state index contributed by atoms with van der Waals surface area (Å²) in [5.41, 5.74) is -0.209. The predicted molar refractivity (Wildman–Crippen MR) is 61.0 cm³/mol. The lowest BCUT2D eigenvalue weighted by atomic mass is 9.94. The van der Waals surface area contributed by atoms with E-state index in [2.05, 4.69) is 19.2 Å². The van der Waals surface area contributed by atoms with Crippen molar-refractivity contribution in [2.45, 2.75) is 38.8 Å². The Kier molecular flexibility index (Phi) is 4.64. The first-order valence-corrected chi connectivity index (χ1v) is 5.63. The molecule has 86 valence electrons. The highest BCUT2D eigenvalue weighted by Gasteiger charge is 2.24. The number of hydrogen-bond donors (Lipinski definition) is 2. The van der Waals surface area contributed by atoms with Crippen LogP contribution < -0.4 is 5.32 Å². The normalized spacial score (nSPS) is 12.0. The molecular formula is C11H18ClNO2. The maximum Gasteiger partial charge on any atom is 0.193 e. The van der Waals surface area contributed by atoms with Crippen molar-refractivity contribution in [2.75, 3.05) is 6.61 Å². The Bertz CT molecular complexity index is 286. The van der Waals surface area contributed by atoms with Crippen LogP contribution in [-0.4, -0.2) is 17.3 Å². The molecule has 15 heavy (non-hydrogen) atoms. The van der Waals surface area contributed by atoms with E-state index in [4.69, 9.17) is 16.0 Å². The molecule has 0 bridgehead atoms. The Labute approximate surface area is 95.4 Å². The van der Waals surface area contributed by atoms with Crippen LogP contribution in [0.15, 0.2) is 16.5 Å². The highest BCUT2D eigenvalue weighted by atomic mass is 35.5. The molecule has 4 heteroatoms. The van der Waals surface area contributed by atoms with Crippen molar-refractivity contribution in [1.29, 1.82) is 0 Å². The number of rotatable bonds is 6. The SMILES string of the molecule is CCC(CC)(CO)NCc1ccc(Cl)o1. The topological polar surface area (TPSA) is 45.4 Å². The van der Waals surface area contributed by atoms with Gasteiger partial charge in [-0.05, 0) is 36.6 Å². The van der Waals surface area contributed by atoms with Gasteiger partial charge >= 0.3 is 0 Å². The quantitative estimate of drug-likeness (QED) is 0.791. The molecule has 1 aromatic rings. The van der Waals surface area contributed by atoms with Crippen LogP contribution in [-0.2, 0) is 6.54 Å². The summed E-state index contributed by atoms with van der Waals surface area (Å²) in [6.45, 7) is 4.84. The molecule has 0 unspecified atom stereocenters. The summed E-state index contributed by atoms with van der Waals surface area (Å²) in [6, 6.07) is 3.56. The molecule has 0 fully saturated rings. The van der Waals surface area contributed by atoms with Crippen molar-refractivity contribution in [2.24, 2.45) is 0 Å². The number of hydrogen-bond acceptors (Lipinski definition) is 3. The zero-order valence-electron chi connectivity index (χ0n) is 9.22. The Morgan fingerprint density at radius 2 is 2.07 bits per heavy atom. The minimum Gasteiger partial charge on any atom is -0.448 e. The van der Waals surface area contributed by atoms with E-state index in [-0.39, 0.29) is 12.1 Å². The van der Waals surface area contributed by atoms with Crippen molar-refractivity contribution in [3.05, 3.63) is 23.1 Å². The third kappa shape index (κ3) is 3.23. The standard InChI is InChI=1S/C11H18ClNO2/c1-3-11(4-2,8-14)13-7-9-5-6-10(12)15-9/h5-6,13-14H,3-4,7-8H2,1-2H3. The van der Waals surface area contributed by atoms with Crippen LogP contribution >= 0.6 is 11.6 Å². The lowest BCUT2D eigenvalue weighted by Crippen LogP contribution is -2.46. The van der Waals surface area contributed by atoms with Gasteiger partial charge in [-0.1, -0.05) is 13.8 Å². The van der Waals surface area contributed by atoms with Crippen molar-refractivity contribution in [1.82, 2.24) is 5.32 Å². The number of halogens is 1. The van der Waals surface area contributed by atoms with Gasteiger partial charge in [0.2, 0.25) is 0 Å². The van der Waals surface area contributed by atoms with E-state index in [1.54, 1.807) is 6.07 Å². The third-order valence-electron chi connectivity index (χ3n) is 2.92. The third-order valence-corrected chi connectivity index (χ3v) is 3.13. The van der Waals surface area contributed by atoms with Gasteiger partial charge < -0.3 is 14.8 Å². The molecule has 0 atom stereocenters. The second-order valence-corrected chi connectivity index (χ2v) is 4.08. The number of aliphatic hydroxyl groups is 1. The van der Waals surface area contributed by atoms with E-state index in [1.165, 1.54) is 0 Å². The van der Waals surface area contributed by atoms with Gasteiger partial charge in [0.15, 0.2) is 5.22 Å². The second kappa shape index (κ2) is 5.54. The Balaban J connectivity index is 2.54. The lowest BCUT2D eigenvalue weighted by Gasteiger charge is -2.30. The van der Waals surface area contributed by atoms with Gasteiger partial charge in [-0.2, -0.15) is 0 Å². The smallest absolute Gasteiger partial charge is 0.193 e. The highest BCUT2D eigenvalue weighted by molar-refractivity contribution is 6.28. The van der Waals surface area contributed by atoms with E-state index in [9.17, 15) is 5.11 Å². The first-order chi connectivity index (χ1) is 7.15. The Morgan fingerprint density at radius 1 is 1.40 bits per heavy atom. The molecule has 0 radical (unpaired) electrons. The fourth-order valence-electron chi connectivity index (χ4n) is 1.50. The fourth-order valence-corrected chi connectivity index (χ4v) is 1.66. The maximum absolute atomic E-state index is 9.34. The second-order valence-electron chi connectivity index (χ2n) is 3.70. The van der Waals surface area contributed by atoms with Gasteiger partial charge in [0.1, 0.15) is 5.76 Å². The van der Waals surface area contributed by atoms with E-state index in [0.29, 0.717) is 11.8 Å². The zero-order chi connectivity index (χ0) is 11.3. The van der Waals surface area contributed by atoms with Crippen LogP contribution in [0.1, 0.15) is 32.4 Å². The van der Waals surface area contributed by atoms with Gasteiger partial charge in [0.25, 0.3) is 0 Å². The molecule has 1 rings (SSSR count). The van der Waals surface area contributed by atoms with Crippen molar-refractivity contribution >= 4 is 11.6 Å². The van der Waals surface area contributed by atoms with Gasteiger partial charge in [-0.15, -0.1) is 0 Å². The summed E-state index contributed by atoms with van der Waals surface area (Å²) >= 11 is 5.67. The van der Waals surface area contributed by atoms with Crippen molar-refractivity contribution < 1.29 is 9.52 Å². The van der Waals surface area contributed by atoms with E-state index >= 15 is 0 Å². The molecule has 0 aliphatic carbocycles. The lowest BCUT2D eigenvalue weighted by molar-refractivity contribution is 0.147. The molecule has 0 spiro atoms. The van der Waals surface area contributed by atoms with Crippen LogP contribution in [0.4, 0.5) is 0 Å². The summed E-state index contributed by atoms with van der Waals surface area (Å²) in [7, 11) is 0. The molecule has 0 saturated heterocycles. The van der Waals surface area contributed by atoms with Crippen molar-refractivity contribution in [3.8, 4) is 0 Å². The summed E-state index contributed by atoms with van der Waals surface area (Å²) in [6.07, 6.45) is 1.77. The minimum absolute atomic E-state index is 0.133. The molecule has 1 aromatic heterocycles. The monoisotopic (exact) mass is 231 g/mol. The molecular weight excluding hydrogens is 214 g/mol. The minimum atomic E-state index is -0.209. The Hall–Kier alpha value is -0.510. The molecule has 0 aromatic carbocycles. The van der Waals surface area contributed by atoms with Crippen LogP contribution in [0.5, 0.6) is 0 Å². The van der Waals surface area contributed by atoms with Gasteiger partial charge in [0, 0.05) is 5.54 Å². The van der Waals surface area contributed by atoms with Crippen LogP contribution in [0.25, 0.3) is 0 Å². The predicted octanol–water partition coefficient (Wildman–Crippen LogP) is 2.57.